The Morgan fingerprint density at radius 2 is 1.95 bits per heavy atom. The van der Waals surface area contributed by atoms with Gasteiger partial charge in [0.25, 0.3) is 0 Å². The predicted molar refractivity (Wildman–Crippen MR) is 71.1 cm³/mol. The second kappa shape index (κ2) is 6.60. The molecule has 0 aliphatic heterocycles. The van der Waals surface area contributed by atoms with Crippen molar-refractivity contribution in [2.24, 2.45) is 5.92 Å². The zero-order valence-electron chi connectivity index (χ0n) is 11.6. The van der Waals surface area contributed by atoms with Crippen molar-refractivity contribution in [2.45, 2.75) is 32.9 Å². The number of hydrogen-bond acceptors (Lipinski definition) is 2. The molecule has 0 heterocycles. The number of carbonyl (C=O) groups excluding carboxylic acids is 1. The predicted octanol–water partition coefficient (Wildman–Crippen LogP) is 3.78. The molecule has 1 unspecified atom stereocenters. The molecule has 1 rings (SSSR count). The van der Waals surface area contributed by atoms with Crippen molar-refractivity contribution in [1.82, 2.24) is 0 Å². The van der Waals surface area contributed by atoms with E-state index in [2.05, 4.69) is 5.32 Å². The van der Waals surface area contributed by atoms with Gasteiger partial charge >= 0.3 is 12.1 Å². The van der Waals surface area contributed by atoms with Gasteiger partial charge in [0.1, 0.15) is 0 Å². The van der Waals surface area contributed by atoms with Gasteiger partial charge in [-0.2, -0.15) is 13.2 Å². The van der Waals surface area contributed by atoms with Crippen LogP contribution in [0.15, 0.2) is 18.2 Å². The fourth-order valence-electron chi connectivity index (χ4n) is 1.83. The topological polar surface area (TPSA) is 66.4 Å². The molecule has 7 heteroatoms. The van der Waals surface area contributed by atoms with Gasteiger partial charge in [0.05, 0.1) is 16.8 Å². The van der Waals surface area contributed by atoms with E-state index >= 15 is 0 Å². The summed E-state index contributed by atoms with van der Waals surface area (Å²) in [4.78, 5) is 22.9. The first kappa shape index (κ1) is 17.0. The van der Waals surface area contributed by atoms with Crippen LogP contribution in [0.4, 0.5) is 18.9 Å². The van der Waals surface area contributed by atoms with E-state index in [0.29, 0.717) is 18.6 Å². The highest BCUT2D eigenvalue weighted by Crippen LogP contribution is 2.32. The molecular weight excluding hydrogens is 287 g/mol. The highest BCUT2D eigenvalue weighted by molar-refractivity contribution is 6.01. The first-order valence-electron chi connectivity index (χ1n) is 6.42. The van der Waals surface area contributed by atoms with Crippen LogP contribution in [0, 0.1) is 5.92 Å². The van der Waals surface area contributed by atoms with Crippen LogP contribution in [0.3, 0.4) is 0 Å². The first-order chi connectivity index (χ1) is 9.66. The minimum Gasteiger partial charge on any atom is -0.478 e. The summed E-state index contributed by atoms with van der Waals surface area (Å²) >= 11 is 0. The van der Waals surface area contributed by atoms with Gasteiger partial charge in [0.2, 0.25) is 5.91 Å². The number of hydrogen-bond donors (Lipinski definition) is 2. The van der Waals surface area contributed by atoms with Crippen LogP contribution in [-0.2, 0) is 11.0 Å². The lowest BCUT2D eigenvalue weighted by Gasteiger charge is -2.15. The lowest BCUT2D eigenvalue weighted by molar-refractivity contribution is -0.137. The van der Waals surface area contributed by atoms with E-state index in [9.17, 15) is 22.8 Å². The van der Waals surface area contributed by atoms with Crippen molar-refractivity contribution >= 4 is 17.6 Å². The Bertz CT molecular complexity index is 541. The van der Waals surface area contributed by atoms with Crippen LogP contribution in [-0.4, -0.2) is 17.0 Å². The molecule has 4 nitrogen and oxygen atoms in total. The Labute approximate surface area is 120 Å². The fourth-order valence-corrected chi connectivity index (χ4v) is 1.83. The molecule has 116 valence electrons. The number of rotatable bonds is 5. The van der Waals surface area contributed by atoms with Crippen molar-refractivity contribution in [1.29, 1.82) is 0 Å². The summed E-state index contributed by atoms with van der Waals surface area (Å²) in [6, 6.07) is 2.15. The van der Waals surface area contributed by atoms with Gasteiger partial charge in [-0.25, -0.2) is 4.79 Å². The third-order valence-corrected chi connectivity index (χ3v) is 3.00. The van der Waals surface area contributed by atoms with E-state index in [0.717, 1.165) is 12.5 Å². The molecule has 1 atom stereocenters. The van der Waals surface area contributed by atoms with Gasteiger partial charge in [-0.15, -0.1) is 0 Å². The van der Waals surface area contributed by atoms with Crippen molar-refractivity contribution in [3.63, 3.8) is 0 Å². The Balaban J connectivity index is 3.13. The van der Waals surface area contributed by atoms with E-state index in [4.69, 9.17) is 5.11 Å². The molecule has 1 aromatic carbocycles. The number of amides is 1. The normalized spacial score (nSPS) is 12.8. The number of benzene rings is 1. The van der Waals surface area contributed by atoms with Crippen molar-refractivity contribution in [3.05, 3.63) is 29.3 Å². The average Bonchev–Trinajstić information content (AvgIpc) is 2.37. The van der Waals surface area contributed by atoms with E-state index in [-0.39, 0.29) is 11.3 Å². The molecule has 0 aliphatic rings. The summed E-state index contributed by atoms with van der Waals surface area (Å²) in [5.74, 6) is -2.31. The van der Waals surface area contributed by atoms with Crippen molar-refractivity contribution < 1.29 is 27.9 Å². The Morgan fingerprint density at radius 1 is 1.33 bits per heavy atom. The largest absolute Gasteiger partial charge is 0.478 e. The standard InChI is InChI=1S/C14H16F3NO3/c1-3-4-8(2)12(19)18-11-7-9(14(15,16)17)5-6-10(11)13(20)21/h5-8H,3-4H2,1-2H3,(H,18,19)(H,20,21). The van der Waals surface area contributed by atoms with Crippen molar-refractivity contribution in [2.75, 3.05) is 5.32 Å². The maximum atomic E-state index is 12.7. The van der Waals surface area contributed by atoms with Crippen LogP contribution in [0.1, 0.15) is 42.6 Å². The number of halogens is 3. The first-order valence-corrected chi connectivity index (χ1v) is 6.42. The molecule has 0 bridgehead atoms. The minimum atomic E-state index is -4.61. The lowest BCUT2D eigenvalue weighted by Crippen LogP contribution is -2.22. The van der Waals surface area contributed by atoms with Gasteiger partial charge in [0.15, 0.2) is 0 Å². The zero-order valence-corrected chi connectivity index (χ0v) is 11.6. The summed E-state index contributed by atoms with van der Waals surface area (Å²) in [5, 5.41) is 11.3. The summed E-state index contributed by atoms with van der Waals surface area (Å²) < 4.78 is 38.0. The summed E-state index contributed by atoms with van der Waals surface area (Å²) in [6.07, 6.45) is -3.30. The number of nitrogens with one attached hydrogen (secondary N) is 1. The van der Waals surface area contributed by atoms with E-state index in [1.165, 1.54) is 0 Å². The second-order valence-electron chi connectivity index (χ2n) is 4.74. The van der Waals surface area contributed by atoms with Crippen molar-refractivity contribution in [3.8, 4) is 0 Å². The van der Waals surface area contributed by atoms with Gasteiger partial charge in [-0.3, -0.25) is 4.79 Å². The van der Waals surface area contributed by atoms with Crippen LogP contribution in [0.2, 0.25) is 0 Å². The minimum absolute atomic E-state index is 0.342. The summed E-state index contributed by atoms with van der Waals surface area (Å²) in [7, 11) is 0. The van der Waals surface area contributed by atoms with E-state index in [1.54, 1.807) is 6.92 Å². The highest BCUT2D eigenvalue weighted by Gasteiger charge is 2.32. The molecule has 0 saturated carbocycles. The van der Waals surface area contributed by atoms with Gasteiger partial charge < -0.3 is 10.4 Å². The maximum absolute atomic E-state index is 12.7. The monoisotopic (exact) mass is 303 g/mol. The van der Waals surface area contributed by atoms with Gasteiger partial charge in [-0.05, 0) is 24.6 Å². The molecular formula is C14H16F3NO3. The fraction of sp³-hybridized carbons (Fsp3) is 0.429. The molecule has 0 spiro atoms. The van der Waals surface area contributed by atoms with Crippen LogP contribution in [0.25, 0.3) is 0 Å². The number of carboxylic acid groups (broad SMARTS) is 1. The average molecular weight is 303 g/mol. The number of anilines is 1. The molecule has 0 radical (unpaired) electrons. The van der Waals surface area contributed by atoms with Crippen LogP contribution in [0.5, 0.6) is 0 Å². The number of carboxylic acids is 1. The third kappa shape index (κ3) is 4.47. The van der Waals surface area contributed by atoms with Crippen LogP contribution >= 0.6 is 0 Å². The molecule has 2 N–H and O–H groups in total. The highest BCUT2D eigenvalue weighted by atomic mass is 19.4. The smallest absolute Gasteiger partial charge is 0.416 e. The molecule has 1 aromatic rings. The SMILES string of the molecule is CCCC(C)C(=O)Nc1cc(C(F)(F)F)ccc1C(=O)O. The van der Waals surface area contributed by atoms with E-state index < -0.39 is 29.5 Å². The molecule has 0 saturated heterocycles. The maximum Gasteiger partial charge on any atom is 0.416 e. The number of aromatic carboxylic acids is 1. The zero-order chi connectivity index (χ0) is 16.2. The molecule has 0 aliphatic carbocycles. The quantitative estimate of drug-likeness (QED) is 0.870. The Kier molecular flexibility index (Phi) is 5.34. The third-order valence-electron chi connectivity index (χ3n) is 3.00. The Hall–Kier alpha value is -2.05. The molecule has 1 amide bonds. The number of carbonyl (C=O) groups is 2. The lowest BCUT2D eigenvalue weighted by atomic mass is 10.0. The molecule has 21 heavy (non-hydrogen) atoms. The van der Waals surface area contributed by atoms with Crippen LogP contribution < -0.4 is 5.32 Å². The summed E-state index contributed by atoms with van der Waals surface area (Å²) in [5.41, 5.74) is -1.73. The molecule has 0 aromatic heterocycles. The summed E-state index contributed by atoms with van der Waals surface area (Å²) in [6.45, 7) is 3.50. The molecule has 0 fully saturated rings. The number of alkyl halides is 3. The van der Waals surface area contributed by atoms with E-state index in [1.807, 2.05) is 6.92 Å². The van der Waals surface area contributed by atoms with Gasteiger partial charge in [-0.1, -0.05) is 20.3 Å². The van der Waals surface area contributed by atoms with Gasteiger partial charge in [0, 0.05) is 5.92 Å². The Morgan fingerprint density at radius 3 is 2.43 bits per heavy atom. The second-order valence-corrected chi connectivity index (χ2v) is 4.74.